The summed E-state index contributed by atoms with van der Waals surface area (Å²) in [6.45, 7) is 8.39. The molecule has 1 aromatic carbocycles. The molecule has 0 heterocycles. The van der Waals surface area contributed by atoms with Crippen LogP contribution in [0.1, 0.15) is 38.0 Å². The Morgan fingerprint density at radius 3 is 2.00 bits per heavy atom. The molecule has 0 fully saturated rings. The summed E-state index contributed by atoms with van der Waals surface area (Å²) in [5.74, 6) is 0. The van der Waals surface area contributed by atoms with E-state index in [0.29, 0.717) is 6.04 Å². The summed E-state index contributed by atoms with van der Waals surface area (Å²) in [6.07, 6.45) is -0.423. The zero-order valence-electron chi connectivity index (χ0n) is 10.9. The zero-order valence-corrected chi connectivity index (χ0v) is 10.9. The lowest BCUT2D eigenvalue weighted by atomic mass is 10.0. The molecule has 0 aromatic heterocycles. The maximum atomic E-state index is 10.3. The van der Waals surface area contributed by atoms with Gasteiger partial charge in [-0.25, -0.2) is 0 Å². The Hall–Kier alpha value is -0.860. The lowest BCUT2D eigenvalue weighted by Crippen LogP contribution is -2.39. The SMILES string of the molecule is Cc1ccc(C(O)C(C)N(C)C(C)C)cc1. The number of hydrogen-bond donors (Lipinski definition) is 1. The van der Waals surface area contributed by atoms with Gasteiger partial charge in [0.25, 0.3) is 0 Å². The Kier molecular flexibility index (Phi) is 4.51. The van der Waals surface area contributed by atoms with Gasteiger partial charge < -0.3 is 5.11 Å². The van der Waals surface area contributed by atoms with E-state index >= 15 is 0 Å². The second kappa shape index (κ2) is 5.46. The van der Waals surface area contributed by atoms with Crippen molar-refractivity contribution in [3.8, 4) is 0 Å². The average Bonchev–Trinajstić information content (AvgIpc) is 2.27. The number of aryl methyl sites for hydroxylation is 1. The van der Waals surface area contributed by atoms with Crippen molar-refractivity contribution >= 4 is 0 Å². The molecule has 1 rings (SSSR count). The highest BCUT2D eigenvalue weighted by atomic mass is 16.3. The molecule has 0 radical (unpaired) electrons. The van der Waals surface area contributed by atoms with Gasteiger partial charge in [-0.1, -0.05) is 29.8 Å². The fourth-order valence-electron chi connectivity index (χ4n) is 1.74. The number of likely N-dealkylation sites (N-methyl/N-ethyl adjacent to an activating group) is 1. The minimum absolute atomic E-state index is 0.128. The predicted octanol–water partition coefficient (Wildman–Crippen LogP) is 2.76. The third-order valence-electron chi connectivity index (χ3n) is 3.33. The van der Waals surface area contributed by atoms with E-state index in [2.05, 4.69) is 32.6 Å². The van der Waals surface area contributed by atoms with Gasteiger partial charge in [0.2, 0.25) is 0 Å². The van der Waals surface area contributed by atoms with Crippen LogP contribution in [0.2, 0.25) is 0 Å². The number of aliphatic hydroxyl groups is 1. The summed E-state index contributed by atoms with van der Waals surface area (Å²) < 4.78 is 0. The smallest absolute Gasteiger partial charge is 0.0942 e. The van der Waals surface area contributed by atoms with Crippen LogP contribution in [-0.2, 0) is 0 Å². The predicted molar refractivity (Wildman–Crippen MR) is 68.5 cm³/mol. The summed E-state index contributed by atoms with van der Waals surface area (Å²) in [5, 5.41) is 10.3. The summed E-state index contributed by atoms with van der Waals surface area (Å²) in [6, 6.07) is 8.66. The van der Waals surface area contributed by atoms with Crippen molar-refractivity contribution in [2.24, 2.45) is 0 Å². The first-order valence-corrected chi connectivity index (χ1v) is 5.90. The molecule has 0 saturated carbocycles. The largest absolute Gasteiger partial charge is 0.387 e. The second-order valence-electron chi connectivity index (χ2n) is 4.86. The van der Waals surface area contributed by atoms with Crippen LogP contribution in [0.3, 0.4) is 0 Å². The van der Waals surface area contributed by atoms with Gasteiger partial charge in [-0.15, -0.1) is 0 Å². The van der Waals surface area contributed by atoms with Crippen molar-refractivity contribution in [3.05, 3.63) is 35.4 Å². The van der Waals surface area contributed by atoms with Gasteiger partial charge in [0.05, 0.1) is 6.10 Å². The van der Waals surface area contributed by atoms with E-state index in [1.165, 1.54) is 5.56 Å². The van der Waals surface area contributed by atoms with Gasteiger partial charge >= 0.3 is 0 Å². The van der Waals surface area contributed by atoms with Crippen LogP contribution in [0, 0.1) is 6.92 Å². The van der Waals surface area contributed by atoms with Crippen LogP contribution < -0.4 is 0 Å². The highest BCUT2D eigenvalue weighted by Gasteiger charge is 2.21. The second-order valence-corrected chi connectivity index (χ2v) is 4.86. The number of benzene rings is 1. The van der Waals surface area contributed by atoms with E-state index in [1.807, 2.05) is 31.3 Å². The molecule has 0 aliphatic carbocycles. The molecule has 0 spiro atoms. The third-order valence-corrected chi connectivity index (χ3v) is 3.33. The average molecular weight is 221 g/mol. The molecule has 16 heavy (non-hydrogen) atoms. The fraction of sp³-hybridized carbons (Fsp3) is 0.571. The summed E-state index contributed by atoms with van der Waals surface area (Å²) in [4.78, 5) is 2.19. The van der Waals surface area contributed by atoms with E-state index in [4.69, 9.17) is 0 Å². The standard InChI is InChI=1S/C14H23NO/c1-10(2)15(5)12(4)14(16)13-8-6-11(3)7-9-13/h6-10,12,14,16H,1-5H3. The molecule has 2 heteroatoms. The molecule has 1 N–H and O–H groups in total. The van der Waals surface area contributed by atoms with E-state index in [1.54, 1.807) is 0 Å². The molecule has 0 amide bonds. The number of nitrogens with zero attached hydrogens (tertiary/aromatic N) is 1. The quantitative estimate of drug-likeness (QED) is 0.845. The Morgan fingerprint density at radius 1 is 1.06 bits per heavy atom. The molecule has 0 aliphatic heterocycles. The van der Waals surface area contributed by atoms with Crippen LogP contribution in [0.25, 0.3) is 0 Å². The first-order chi connectivity index (χ1) is 7.43. The lowest BCUT2D eigenvalue weighted by molar-refractivity contribution is 0.0571. The van der Waals surface area contributed by atoms with Crippen LogP contribution >= 0.6 is 0 Å². The molecule has 0 bridgehead atoms. The minimum Gasteiger partial charge on any atom is -0.387 e. The lowest BCUT2D eigenvalue weighted by Gasteiger charge is -2.32. The van der Waals surface area contributed by atoms with Crippen LogP contribution in [0.4, 0.5) is 0 Å². The number of rotatable bonds is 4. The van der Waals surface area contributed by atoms with Crippen molar-refractivity contribution in [2.75, 3.05) is 7.05 Å². The number of aliphatic hydroxyl groups excluding tert-OH is 1. The third kappa shape index (κ3) is 3.06. The van der Waals surface area contributed by atoms with Crippen molar-refractivity contribution in [1.29, 1.82) is 0 Å². The van der Waals surface area contributed by atoms with E-state index in [-0.39, 0.29) is 6.04 Å². The summed E-state index contributed by atoms with van der Waals surface area (Å²) >= 11 is 0. The number of hydrogen-bond acceptors (Lipinski definition) is 2. The highest BCUT2D eigenvalue weighted by Crippen LogP contribution is 2.21. The topological polar surface area (TPSA) is 23.5 Å². The van der Waals surface area contributed by atoms with Crippen molar-refractivity contribution in [3.63, 3.8) is 0 Å². The molecule has 90 valence electrons. The first-order valence-electron chi connectivity index (χ1n) is 5.90. The molecule has 0 aliphatic rings. The first kappa shape index (κ1) is 13.2. The van der Waals surface area contributed by atoms with Crippen LogP contribution in [0.5, 0.6) is 0 Å². The van der Waals surface area contributed by atoms with Gasteiger partial charge in [-0.2, -0.15) is 0 Å². The van der Waals surface area contributed by atoms with E-state index in [9.17, 15) is 5.11 Å². The summed E-state index contributed by atoms with van der Waals surface area (Å²) in [7, 11) is 2.05. The van der Waals surface area contributed by atoms with Gasteiger partial charge in [0, 0.05) is 12.1 Å². The maximum Gasteiger partial charge on any atom is 0.0942 e. The van der Waals surface area contributed by atoms with Crippen molar-refractivity contribution < 1.29 is 5.11 Å². The molecular formula is C14H23NO. The van der Waals surface area contributed by atoms with Gasteiger partial charge in [-0.3, -0.25) is 4.90 Å². The van der Waals surface area contributed by atoms with Gasteiger partial charge in [0.15, 0.2) is 0 Å². The van der Waals surface area contributed by atoms with Crippen molar-refractivity contribution in [1.82, 2.24) is 4.90 Å². The molecule has 2 unspecified atom stereocenters. The molecular weight excluding hydrogens is 198 g/mol. The molecule has 1 aromatic rings. The van der Waals surface area contributed by atoms with Crippen LogP contribution in [0.15, 0.2) is 24.3 Å². The van der Waals surface area contributed by atoms with E-state index in [0.717, 1.165) is 5.56 Å². The molecule has 2 atom stereocenters. The minimum atomic E-state index is -0.423. The van der Waals surface area contributed by atoms with E-state index < -0.39 is 6.10 Å². The molecule has 2 nitrogen and oxygen atoms in total. The fourth-order valence-corrected chi connectivity index (χ4v) is 1.74. The molecule has 0 saturated heterocycles. The zero-order chi connectivity index (χ0) is 12.3. The Balaban J connectivity index is 2.77. The monoisotopic (exact) mass is 221 g/mol. The summed E-state index contributed by atoms with van der Waals surface area (Å²) in [5.41, 5.74) is 2.21. The Bertz CT molecular complexity index is 318. The van der Waals surface area contributed by atoms with Gasteiger partial charge in [0.1, 0.15) is 0 Å². The highest BCUT2D eigenvalue weighted by molar-refractivity contribution is 5.23. The van der Waals surface area contributed by atoms with Crippen LogP contribution in [-0.4, -0.2) is 29.1 Å². The maximum absolute atomic E-state index is 10.3. The van der Waals surface area contributed by atoms with Gasteiger partial charge in [-0.05, 0) is 40.3 Å². The Labute approximate surface area is 98.9 Å². The van der Waals surface area contributed by atoms with Crippen molar-refractivity contribution in [2.45, 2.75) is 45.9 Å². The Morgan fingerprint density at radius 2 is 1.56 bits per heavy atom. The normalized spacial score (nSPS) is 15.5.